The van der Waals surface area contributed by atoms with Crippen LogP contribution in [0.25, 0.3) is 0 Å². The van der Waals surface area contributed by atoms with Crippen LogP contribution < -0.4 is 10.2 Å². The molecule has 2 aromatic carbocycles. The zero-order valence-corrected chi connectivity index (χ0v) is 17.8. The number of benzene rings is 2. The first-order valence-electron chi connectivity index (χ1n) is 9.85. The van der Waals surface area contributed by atoms with Gasteiger partial charge in [-0.15, -0.1) is 6.58 Å². The van der Waals surface area contributed by atoms with Gasteiger partial charge in [0.05, 0.1) is 10.5 Å². The molecule has 0 radical (unpaired) electrons. The molecule has 1 aliphatic rings. The fourth-order valence-corrected chi connectivity index (χ4v) is 5.25. The lowest BCUT2D eigenvalue weighted by molar-refractivity contribution is -0.138. The summed E-state index contributed by atoms with van der Waals surface area (Å²) in [6, 6.07) is 14.2. The third kappa shape index (κ3) is 5.31. The minimum Gasteiger partial charge on any atom is -0.489 e. The fourth-order valence-electron chi connectivity index (χ4n) is 3.66. The average molecular weight is 447 g/mol. The van der Waals surface area contributed by atoms with Gasteiger partial charge in [-0.3, -0.25) is 10.0 Å². The van der Waals surface area contributed by atoms with Crippen LogP contribution in [-0.2, 0) is 21.4 Å². The van der Waals surface area contributed by atoms with Crippen LogP contribution in [-0.4, -0.2) is 47.1 Å². The highest BCUT2D eigenvalue weighted by Crippen LogP contribution is 2.34. The lowest BCUT2D eigenvalue weighted by Crippen LogP contribution is -2.57. The first-order valence-corrected chi connectivity index (χ1v) is 11.3. The van der Waals surface area contributed by atoms with Crippen LogP contribution in [0.5, 0.6) is 5.75 Å². The van der Waals surface area contributed by atoms with Crippen molar-refractivity contribution in [3.05, 3.63) is 72.8 Å². The van der Waals surface area contributed by atoms with E-state index in [0.717, 1.165) is 9.87 Å². The number of amides is 1. The van der Waals surface area contributed by atoms with E-state index in [1.807, 2.05) is 30.3 Å². The van der Waals surface area contributed by atoms with Gasteiger partial charge in [-0.1, -0.05) is 36.4 Å². The Bertz CT molecular complexity index is 1010. The van der Waals surface area contributed by atoms with Crippen molar-refractivity contribution in [1.82, 2.24) is 9.79 Å². The number of carbonyl (C=O) groups is 1. The number of rotatable bonds is 8. The molecular weight excluding hydrogens is 420 g/mol. The van der Waals surface area contributed by atoms with Gasteiger partial charge in [0.2, 0.25) is 10.0 Å². The van der Waals surface area contributed by atoms with Gasteiger partial charge in [-0.2, -0.15) is 4.31 Å². The van der Waals surface area contributed by atoms with Gasteiger partial charge >= 0.3 is 0 Å². The van der Waals surface area contributed by atoms with Crippen molar-refractivity contribution in [3.63, 3.8) is 0 Å². The summed E-state index contributed by atoms with van der Waals surface area (Å²) in [6.45, 7) is 3.87. The molecule has 3 rings (SSSR count). The number of carbonyl (C=O) groups excluding carboxylic acids is 1. The maximum atomic E-state index is 13.2. The molecule has 1 saturated heterocycles. The van der Waals surface area contributed by atoms with Crippen molar-refractivity contribution in [2.24, 2.45) is 0 Å². The number of hydrogen-bond donors (Lipinski definition) is 3. The topological polar surface area (TPSA) is 116 Å². The summed E-state index contributed by atoms with van der Waals surface area (Å²) >= 11 is 0. The van der Waals surface area contributed by atoms with Crippen LogP contribution >= 0.6 is 0 Å². The van der Waals surface area contributed by atoms with Gasteiger partial charge in [0.1, 0.15) is 18.4 Å². The summed E-state index contributed by atoms with van der Waals surface area (Å²) in [5.74, 6) is -0.389. The first kappa shape index (κ1) is 23.0. The molecule has 0 aliphatic carbocycles. The molecule has 166 valence electrons. The Labute approximate surface area is 181 Å². The Morgan fingerprint density at radius 1 is 1.23 bits per heavy atom. The minimum absolute atomic E-state index is 0.00976. The van der Waals surface area contributed by atoms with Crippen molar-refractivity contribution in [2.75, 3.05) is 6.54 Å². The number of aliphatic hydroxyl groups is 1. The second-order valence-electron chi connectivity index (χ2n) is 7.52. The van der Waals surface area contributed by atoms with E-state index in [9.17, 15) is 18.3 Å². The van der Waals surface area contributed by atoms with Crippen LogP contribution in [0.4, 0.5) is 0 Å². The number of hydroxylamine groups is 1. The van der Waals surface area contributed by atoms with E-state index in [1.54, 1.807) is 12.1 Å². The number of hydrogen-bond acceptors (Lipinski definition) is 6. The normalized spacial score (nSPS) is 21.9. The molecule has 0 spiro atoms. The highest BCUT2D eigenvalue weighted by molar-refractivity contribution is 7.89. The van der Waals surface area contributed by atoms with Gasteiger partial charge in [-0.05, 0) is 42.7 Å². The number of nitrogens with one attached hydrogen (secondary N) is 1. The van der Waals surface area contributed by atoms with Gasteiger partial charge in [-0.25, -0.2) is 13.9 Å². The highest BCUT2D eigenvalue weighted by Gasteiger charge is 2.45. The summed E-state index contributed by atoms with van der Waals surface area (Å²) in [6.07, 6.45) is 1.73. The van der Waals surface area contributed by atoms with Crippen molar-refractivity contribution >= 4 is 15.9 Å². The fraction of sp³-hybridized carbons (Fsp3) is 0.318. The molecule has 2 atom stereocenters. The van der Waals surface area contributed by atoms with Crippen LogP contribution in [0.15, 0.2) is 72.1 Å². The number of ether oxygens (including phenoxy) is 1. The molecule has 1 aliphatic heterocycles. The Morgan fingerprint density at radius 2 is 1.90 bits per heavy atom. The van der Waals surface area contributed by atoms with E-state index < -0.39 is 27.6 Å². The van der Waals surface area contributed by atoms with Gasteiger partial charge in [0.15, 0.2) is 0 Å². The molecule has 0 saturated carbocycles. The molecule has 1 unspecified atom stereocenters. The number of piperidine rings is 1. The number of sulfonamides is 1. The minimum atomic E-state index is -4.05. The zero-order valence-electron chi connectivity index (χ0n) is 17.0. The summed E-state index contributed by atoms with van der Waals surface area (Å²) in [7, 11) is -4.05. The molecule has 0 bridgehead atoms. The van der Waals surface area contributed by atoms with Crippen LogP contribution in [0.1, 0.15) is 24.8 Å². The van der Waals surface area contributed by atoms with E-state index in [0.29, 0.717) is 12.4 Å². The Morgan fingerprint density at radius 3 is 2.52 bits per heavy atom. The van der Waals surface area contributed by atoms with E-state index in [4.69, 9.17) is 9.94 Å². The Kier molecular flexibility index (Phi) is 7.11. The second kappa shape index (κ2) is 9.61. The van der Waals surface area contributed by atoms with Crippen molar-refractivity contribution in [3.8, 4) is 5.75 Å². The molecule has 31 heavy (non-hydrogen) atoms. The Balaban J connectivity index is 1.77. The van der Waals surface area contributed by atoms with E-state index >= 15 is 0 Å². The molecule has 0 aromatic heterocycles. The van der Waals surface area contributed by atoms with Crippen molar-refractivity contribution in [1.29, 1.82) is 0 Å². The van der Waals surface area contributed by atoms with Crippen LogP contribution in [0.3, 0.4) is 0 Å². The summed E-state index contributed by atoms with van der Waals surface area (Å²) in [4.78, 5) is 12.2. The quantitative estimate of drug-likeness (QED) is 0.325. The zero-order chi connectivity index (χ0) is 22.5. The van der Waals surface area contributed by atoms with Gasteiger partial charge in [0, 0.05) is 13.0 Å². The van der Waals surface area contributed by atoms with Crippen molar-refractivity contribution in [2.45, 2.75) is 42.4 Å². The maximum Gasteiger partial charge on any atom is 0.261 e. The largest absolute Gasteiger partial charge is 0.489 e. The molecular formula is C22H26N2O6S. The monoisotopic (exact) mass is 446 g/mol. The smallest absolute Gasteiger partial charge is 0.261 e. The predicted octanol–water partition coefficient (Wildman–Crippen LogP) is 2.23. The number of nitrogens with zero attached hydrogens (tertiary/aromatic N) is 1. The van der Waals surface area contributed by atoms with E-state index in [2.05, 4.69) is 6.58 Å². The van der Waals surface area contributed by atoms with Crippen molar-refractivity contribution < 1.29 is 28.3 Å². The molecule has 1 fully saturated rings. The SMILES string of the molecule is C=CCC1(O)CCN(S(=O)(=O)c2ccc(OCc3ccccc3)cc2)[C@@H](C(=O)NO)C1. The maximum absolute atomic E-state index is 13.2. The molecule has 2 aromatic rings. The first-order chi connectivity index (χ1) is 14.8. The second-order valence-corrected chi connectivity index (χ2v) is 9.42. The molecule has 9 heteroatoms. The van der Waals surface area contributed by atoms with Crippen LogP contribution in [0.2, 0.25) is 0 Å². The summed E-state index contributed by atoms with van der Waals surface area (Å²) < 4.78 is 33.1. The third-order valence-corrected chi connectivity index (χ3v) is 7.26. The average Bonchev–Trinajstić information content (AvgIpc) is 2.78. The van der Waals surface area contributed by atoms with Gasteiger partial charge in [0.25, 0.3) is 5.91 Å². The lowest BCUT2D eigenvalue weighted by Gasteiger charge is -2.41. The highest BCUT2D eigenvalue weighted by atomic mass is 32.2. The lowest BCUT2D eigenvalue weighted by atomic mass is 9.85. The molecule has 1 amide bonds. The summed E-state index contributed by atoms with van der Waals surface area (Å²) in [5.41, 5.74) is 1.23. The third-order valence-electron chi connectivity index (χ3n) is 5.33. The standard InChI is InChI=1S/C22H26N2O6S/c1-2-12-22(26)13-14-24(20(15-22)21(25)23-27)31(28,29)19-10-8-18(9-11-19)30-16-17-6-4-3-5-7-17/h2-11,20,26-27H,1,12-16H2,(H,23,25)/t20-,22?/m1/s1. The van der Waals surface area contributed by atoms with E-state index in [-0.39, 0.29) is 30.7 Å². The molecule has 8 nitrogen and oxygen atoms in total. The Hall–Kier alpha value is -2.72. The predicted molar refractivity (Wildman–Crippen MR) is 114 cm³/mol. The molecule has 1 heterocycles. The molecule has 3 N–H and O–H groups in total. The van der Waals surface area contributed by atoms with E-state index in [1.165, 1.54) is 23.7 Å². The van der Waals surface area contributed by atoms with Gasteiger partial charge < -0.3 is 9.84 Å². The summed E-state index contributed by atoms with van der Waals surface area (Å²) in [5, 5.41) is 19.7. The van der Waals surface area contributed by atoms with Crippen LogP contribution in [0, 0.1) is 0 Å².